The Hall–Kier alpha value is -8.12. The molecule has 0 saturated carbocycles. The third-order valence-electron chi connectivity index (χ3n) is 25.0. The third-order valence-corrected chi connectivity index (χ3v) is 34.9. The van der Waals surface area contributed by atoms with Crippen molar-refractivity contribution in [2.24, 2.45) is 29.4 Å². The Labute approximate surface area is 829 Å². The number of methoxy groups -OCH3 is 4. The summed E-state index contributed by atoms with van der Waals surface area (Å²) in [5, 5.41) is 25.4. The van der Waals surface area contributed by atoms with Crippen LogP contribution in [0.15, 0.2) is 71.9 Å². The summed E-state index contributed by atoms with van der Waals surface area (Å²) in [7, 11) is 7.10. The Morgan fingerprint density at radius 2 is 0.971 bits per heavy atom. The van der Waals surface area contributed by atoms with Crippen LogP contribution in [0.4, 0.5) is 21.0 Å². The summed E-state index contributed by atoms with van der Waals surface area (Å²) in [4.78, 5) is 168. The molecule has 42 nitrogen and oxygen atoms in total. The van der Waals surface area contributed by atoms with E-state index in [4.69, 9.17) is 81.3 Å². The number of carbonyl (C=O) groups excluding carboxylic acids is 12. The van der Waals surface area contributed by atoms with Gasteiger partial charge in [0.15, 0.2) is 21.9 Å². The number of epoxide rings is 2. The molecular formula is C88H129Cl2N11O31S6. The van der Waals surface area contributed by atoms with E-state index in [-0.39, 0.29) is 90.3 Å². The van der Waals surface area contributed by atoms with Crippen LogP contribution in [-0.2, 0) is 124 Å². The van der Waals surface area contributed by atoms with E-state index in [1.807, 2.05) is 53.7 Å². The smallest absolute Gasteiger partial charge is 0.409 e. The Morgan fingerprint density at radius 1 is 0.609 bits per heavy atom. The van der Waals surface area contributed by atoms with Crippen molar-refractivity contribution in [2.75, 3.05) is 77.9 Å². The lowest BCUT2D eigenvalue weighted by Crippen LogP contribution is -2.63. The number of ether oxygens (including phenoxy) is 10. The number of halogens is 2. The predicted molar refractivity (Wildman–Crippen MR) is 516 cm³/mol. The molecule has 0 aliphatic carbocycles. The largest absolute Gasteiger partial charge is 0.495 e. The van der Waals surface area contributed by atoms with E-state index in [9.17, 15) is 93.7 Å². The first-order valence-electron chi connectivity index (χ1n) is 43.9. The zero-order chi connectivity index (χ0) is 104. The van der Waals surface area contributed by atoms with E-state index in [1.54, 1.807) is 88.7 Å². The molecule has 50 heteroatoms. The second-order valence-electron chi connectivity index (χ2n) is 36.2. The van der Waals surface area contributed by atoms with Gasteiger partial charge in [-0.25, -0.2) is 29.8 Å². The summed E-state index contributed by atoms with van der Waals surface area (Å²) in [6, 6.07) is 4.75. The van der Waals surface area contributed by atoms with Crippen LogP contribution in [0, 0.1) is 11.8 Å². The summed E-state index contributed by atoms with van der Waals surface area (Å²) >= 11 is 13.6. The van der Waals surface area contributed by atoms with Crippen LogP contribution in [0.25, 0.3) is 0 Å². The number of hydrogen-bond acceptors (Lipinski definition) is 36. The molecular weight excluding hydrogens is 1970 g/mol. The van der Waals surface area contributed by atoms with Gasteiger partial charge in [-0.15, -0.1) is 5.06 Å². The van der Waals surface area contributed by atoms with Gasteiger partial charge in [-0.3, -0.25) is 70.4 Å². The number of hydroxylamine groups is 2. The number of allylic oxidation sites excluding steroid dienone is 6. The van der Waals surface area contributed by atoms with Crippen LogP contribution in [-0.4, -0.2) is 294 Å². The number of amides is 9. The Bertz CT molecular complexity index is 5160. The summed E-state index contributed by atoms with van der Waals surface area (Å²) in [6.07, 6.45) is 0.168. The average Bonchev–Trinajstić information content (AvgIpc) is 1.57. The fraction of sp³-hybridized carbons (Fsp3) is 0.636. The number of anilines is 2. The standard InChI is InChI=1S/C46H63ClN4O17S3.C42H62ClN5O14S3.H4N2/c1-25-12-11-13-33(64-10)46(59)24-31(65-43(58)48-46)26(2)40-45(6,67-40)34(23-38(55)50(8)29-21-28(20-25)22-30(63-9)39(29)47)66-41(56)27(3)49(7)35(52)16-18-44(4,5)70-69-19-17-32(71(60,61)62)42(57)68-51-36(53)14-15-37(51)54;1-23-12-11-13-31(59-10)42(54)22-29(60-39(53)45-42)24(2)36-41(6,62-36)32(21-34(50)48(8)27-19-26(18-23)20-28(58-9)35(27)43)61-38(52)25(3)47(7)33(49)14-16-40(4,5)64-63-17-15-30(37(51)46-44)65(55,56)57;1-2/h11-13,21-22,26-27,31-34,40,59H,14-20,23-24H2,1-10H3,(H,48,58)(H,60,61,62);11-13,19-20,24-25,29-32,36,54H,14-18,21-22,44H2,1-10H3,(H,45,53)(H,46,51)(H,55,56,57);1-2H2/b13-11+,25-12+;13-11+,23-12+;/t26?,27-,31?,32?,33?,34?,40+,45+,46?;24?,25-,29?,30?,31?,32?,36+,41+,42?;/m00./s1. The monoisotopic (exact) mass is 2100 g/mol. The Balaban J connectivity index is 0.000000370. The number of alkyl carbamates (subject to hydrolysis) is 2. The number of carbonyl (C=O) groups is 12. The van der Waals surface area contributed by atoms with Crippen LogP contribution in [0.3, 0.4) is 0 Å². The number of nitrogens with one attached hydrogen (secondary N) is 3. The Morgan fingerprint density at radius 3 is 1.31 bits per heavy atom. The summed E-state index contributed by atoms with van der Waals surface area (Å²) in [5.41, 5.74) is -0.703. The van der Waals surface area contributed by atoms with Gasteiger partial charge in [0.2, 0.25) is 23.6 Å². The highest BCUT2D eigenvalue weighted by molar-refractivity contribution is 8.77. The van der Waals surface area contributed by atoms with Gasteiger partial charge >= 0.3 is 30.1 Å². The van der Waals surface area contributed by atoms with Crippen molar-refractivity contribution in [1.29, 1.82) is 0 Å². The minimum Gasteiger partial charge on any atom is -0.495 e. The maximum absolute atomic E-state index is 14.3. The van der Waals surface area contributed by atoms with E-state index in [0.29, 0.717) is 42.1 Å². The lowest BCUT2D eigenvalue weighted by atomic mass is 9.83. The van der Waals surface area contributed by atoms with E-state index in [2.05, 4.69) is 22.3 Å². The molecule has 13 N–H and O–H groups in total. The second kappa shape index (κ2) is 49.2. The molecule has 5 saturated heterocycles. The van der Waals surface area contributed by atoms with Crippen LogP contribution >= 0.6 is 66.4 Å². The number of nitrogens with two attached hydrogens (primary N) is 3. The lowest BCUT2D eigenvalue weighted by molar-refractivity contribution is -0.197. The van der Waals surface area contributed by atoms with Gasteiger partial charge in [-0.1, -0.05) is 128 Å². The van der Waals surface area contributed by atoms with Crippen molar-refractivity contribution in [1.82, 2.24) is 30.9 Å². The molecule has 138 heavy (non-hydrogen) atoms. The number of rotatable bonds is 31. The van der Waals surface area contributed by atoms with Crippen LogP contribution in [0.2, 0.25) is 10.0 Å². The zero-order valence-corrected chi connectivity index (χ0v) is 87.1. The zero-order valence-electron chi connectivity index (χ0n) is 80.7. The first-order valence-corrected chi connectivity index (χ1v) is 52.3. The minimum absolute atomic E-state index is 0.00994. The van der Waals surface area contributed by atoms with Gasteiger partial charge < -0.3 is 82.0 Å². The molecule has 0 spiro atoms. The molecule has 7 heterocycles. The first kappa shape index (κ1) is 117. The number of esters is 2. The van der Waals surface area contributed by atoms with Gasteiger partial charge in [0, 0.05) is 114 Å². The fourth-order valence-corrected chi connectivity index (χ4v) is 23.8. The molecule has 772 valence electrons. The number of nitrogens with zero attached hydrogens (tertiary/aromatic N) is 5. The molecule has 12 unspecified atom stereocenters. The molecule has 2 aromatic carbocycles. The van der Waals surface area contributed by atoms with E-state index in [0.717, 1.165) is 33.1 Å². The summed E-state index contributed by atoms with van der Waals surface area (Å²) in [6.45, 7) is 21.0. The quantitative estimate of drug-likeness (QED) is 0.00331. The highest BCUT2D eigenvalue weighted by Gasteiger charge is 2.67. The minimum atomic E-state index is -4.97. The van der Waals surface area contributed by atoms with Crippen molar-refractivity contribution in [2.45, 2.75) is 277 Å². The van der Waals surface area contributed by atoms with E-state index < -0.39 is 214 Å². The van der Waals surface area contributed by atoms with Crippen molar-refractivity contribution < 1.29 is 146 Å². The highest BCUT2D eigenvalue weighted by Crippen LogP contribution is 2.52. The second-order valence-corrected chi connectivity index (χ2v) is 46.4. The maximum atomic E-state index is 14.3. The molecule has 7 aliphatic rings. The summed E-state index contributed by atoms with van der Waals surface area (Å²) < 4.78 is 124. The predicted octanol–water partition coefficient (Wildman–Crippen LogP) is 7.62. The van der Waals surface area contributed by atoms with Gasteiger partial charge in [0.25, 0.3) is 38.0 Å². The first-order chi connectivity index (χ1) is 64.3. The number of hydrogen-bond donors (Lipinski definition) is 10. The molecule has 0 aromatic heterocycles. The molecule has 9 rings (SSSR count). The number of aliphatic hydroxyl groups is 2. The van der Waals surface area contributed by atoms with E-state index in [1.165, 1.54) is 115 Å². The summed E-state index contributed by atoms with van der Waals surface area (Å²) in [5.74, 6) is 5.08. The number of imide groups is 1. The number of fused-ring (bicyclic) bond motifs is 10. The molecule has 8 bridgehead atoms. The average molecular weight is 2100 g/mol. The van der Waals surface area contributed by atoms with Gasteiger partial charge in [-0.2, -0.15) is 16.8 Å². The van der Waals surface area contributed by atoms with Crippen molar-refractivity contribution >= 4 is 169 Å². The van der Waals surface area contributed by atoms with Crippen molar-refractivity contribution in [3.05, 3.63) is 93.0 Å². The molecule has 0 radical (unpaired) electrons. The molecule has 18 atom stereocenters. The fourth-order valence-electron chi connectivity index (χ4n) is 16.1. The number of hydrazine groups is 2. The molecule has 2 aromatic rings. The number of likely N-dealkylation sites (N-methyl/N-ethyl adjacent to an activating group) is 2. The lowest BCUT2D eigenvalue weighted by Gasteiger charge is -2.42. The SMILES string of the molecule is COc1cc2cc(c1Cl)N(C)C(=O)CC(OC(=O)[C@H](C)N(C)C(=O)CCC(C)(C)SSCCC(C(=O)NN)S(=O)(=O)O)[C@@]1(C)O[C@@H]1C(C)C1CC(O)(NC(=O)O1)C(OC)/C=C/C=C(\C)C2.COc1cc2cc(c1Cl)N(C)C(=O)CC(OC(=O)[C@H](C)N(C)C(=O)CCC(C)(C)SSCCC(C(=O)ON1C(=O)CCC1=O)S(=O)(=O)O)[C@@]1(C)O[C@@H]1C(C)C1CC(O)(NC(=O)O1)C(OC)/C=C/C=C(\C)C2.NN. The normalized spacial score (nSPS) is 28.1. The van der Waals surface area contributed by atoms with Gasteiger partial charge in [0.05, 0.1) is 50.6 Å². The Kier molecular flexibility index (Phi) is 41.7. The van der Waals surface area contributed by atoms with Gasteiger partial charge in [-0.05, 0) is 143 Å². The molecule has 9 amide bonds. The topological polar surface area (TPSA) is 593 Å². The molecule has 5 fully saturated rings. The van der Waals surface area contributed by atoms with E-state index >= 15 is 0 Å². The third kappa shape index (κ3) is 30.2. The highest BCUT2D eigenvalue weighted by atomic mass is 35.5. The number of benzene rings is 2. The van der Waals surface area contributed by atoms with Crippen LogP contribution < -0.4 is 52.9 Å². The molecule has 7 aliphatic heterocycles. The van der Waals surface area contributed by atoms with Crippen molar-refractivity contribution in [3.63, 3.8) is 0 Å². The van der Waals surface area contributed by atoms with Crippen LogP contribution in [0.1, 0.15) is 171 Å². The van der Waals surface area contributed by atoms with Crippen molar-refractivity contribution in [3.8, 4) is 11.5 Å². The maximum Gasteiger partial charge on any atom is 0.409 e. The van der Waals surface area contributed by atoms with Gasteiger partial charge in [0.1, 0.15) is 81.5 Å². The van der Waals surface area contributed by atoms with Crippen LogP contribution in [0.5, 0.6) is 11.5 Å².